The molecule has 0 aliphatic carbocycles. The predicted octanol–water partition coefficient (Wildman–Crippen LogP) is 1.62. The van der Waals surface area contributed by atoms with Gasteiger partial charge >= 0.3 is 0 Å². The molecule has 6 nitrogen and oxygen atoms in total. The monoisotopic (exact) mass is 242 g/mol. The third-order valence-electron chi connectivity index (χ3n) is 1.59. The molecular weight excluding hydrogens is 236 g/mol. The van der Waals surface area contributed by atoms with Crippen molar-refractivity contribution in [3.63, 3.8) is 0 Å². The molecule has 0 aromatic carbocycles. The van der Waals surface area contributed by atoms with Crippen LogP contribution in [0.25, 0.3) is 0 Å². The zero-order valence-electron chi connectivity index (χ0n) is 7.73. The van der Waals surface area contributed by atoms with E-state index in [0.29, 0.717) is 22.5 Å². The molecule has 0 amide bonds. The second-order valence-corrected chi connectivity index (χ2v) is 3.81. The minimum Gasteiger partial charge on any atom is -0.393 e. The fourth-order valence-electron chi connectivity index (χ4n) is 0.923. The second-order valence-electron chi connectivity index (χ2n) is 2.70. The first-order chi connectivity index (χ1) is 7.16. The highest BCUT2D eigenvalue weighted by Gasteiger charge is 2.08. The number of nitrogens with zero attached hydrogens (tertiary/aromatic N) is 4. The van der Waals surface area contributed by atoms with Crippen LogP contribution in [0.2, 0.25) is 5.15 Å². The lowest BCUT2D eigenvalue weighted by Crippen LogP contribution is -2.00. The molecule has 2 aromatic heterocycles. The van der Waals surface area contributed by atoms with Gasteiger partial charge in [-0.05, 0) is 6.92 Å². The van der Waals surface area contributed by atoms with E-state index in [1.54, 1.807) is 6.92 Å². The van der Waals surface area contributed by atoms with Crippen molar-refractivity contribution in [1.29, 1.82) is 0 Å². The normalized spacial score (nSPS) is 10.3. The lowest BCUT2D eigenvalue weighted by Gasteiger charge is -2.04. The maximum atomic E-state index is 5.74. The maximum absolute atomic E-state index is 5.74. The number of nitrogens with two attached hydrogens (primary N) is 1. The summed E-state index contributed by atoms with van der Waals surface area (Å²) in [7, 11) is 0. The number of hydrogen-bond donors (Lipinski definition) is 2. The molecule has 0 fully saturated rings. The SMILES string of the molecule is Cc1nsc(Nc2ncnc(Cl)c2N)n1. The Morgan fingerprint density at radius 3 is 2.93 bits per heavy atom. The summed E-state index contributed by atoms with van der Waals surface area (Å²) in [5, 5.41) is 3.75. The van der Waals surface area contributed by atoms with Crippen LogP contribution >= 0.6 is 23.1 Å². The molecule has 0 saturated carbocycles. The Morgan fingerprint density at radius 1 is 1.47 bits per heavy atom. The Morgan fingerprint density at radius 2 is 2.27 bits per heavy atom. The van der Waals surface area contributed by atoms with Crippen LogP contribution in [0.1, 0.15) is 5.82 Å². The smallest absolute Gasteiger partial charge is 0.208 e. The van der Waals surface area contributed by atoms with Crippen LogP contribution in [0.5, 0.6) is 0 Å². The number of anilines is 3. The quantitative estimate of drug-likeness (QED) is 0.778. The molecular formula is C7H7ClN6S. The largest absolute Gasteiger partial charge is 0.393 e. The lowest BCUT2D eigenvalue weighted by atomic mass is 10.5. The summed E-state index contributed by atoms with van der Waals surface area (Å²) in [5.41, 5.74) is 5.97. The molecule has 2 rings (SSSR count). The number of nitrogens with one attached hydrogen (secondary N) is 1. The van der Waals surface area contributed by atoms with E-state index in [-0.39, 0.29) is 5.15 Å². The molecule has 0 aliphatic rings. The van der Waals surface area contributed by atoms with Crippen molar-refractivity contribution in [3.8, 4) is 0 Å². The number of hydrogen-bond acceptors (Lipinski definition) is 7. The first-order valence-electron chi connectivity index (χ1n) is 4.00. The second kappa shape index (κ2) is 3.95. The summed E-state index contributed by atoms with van der Waals surface area (Å²) in [4.78, 5) is 11.8. The van der Waals surface area contributed by atoms with Crippen LogP contribution in [-0.2, 0) is 0 Å². The summed E-state index contributed by atoms with van der Waals surface area (Å²) in [6.07, 6.45) is 1.33. The van der Waals surface area contributed by atoms with E-state index in [2.05, 4.69) is 24.6 Å². The van der Waals surface area contributed by atoms with Crippen LogP contribution in [-0.4, -0.2) is 19.3 Å². The van der Waals surface area contributed by atoms with E-state index in [9.17, 15) is 0 Å². The van der Waals surface area contributed by atoms with Gasteiger partial charge in [0.1, 0.15) is 17.8 Å². The highest BCUT2D eigenvalue weighted by Crippen LogP contribution is 2.25. The molecule has 0 atom stereocenters. The first-order valence-corrected chi connectivity index (χ1v) is 5.15. The van der Waals surface area contributed by atoms with Gasteiger partial charge in [0, 0.05) is 11.5 Å². The van der Waals surface area contributed by atoms with Crippen molar-refractivity contribution in [2.45, 2.75) is 6.92 Å². The van der Waals surface area contributed by atoms with Gasteiger partial charge in [0.05, 0.1) is 0 Å². The number of aryl methyl sites for hydroxylation is 1. The van der Waals surface area contributed by atoms with Crippen LogP contribution in [0.15, 0.2) is 6.33 Å². The van der Waals surface area contributed by atoms with Gasteiger partial charge in [0.25, 0.3) is 0 Å². The van der Waals surface area contributed by atoms with Crippen molar-refractivity contribution in [1.82, 2.24) is 19.3 Å². The number of halogens is 1. The summed E-state index contributed by atoms with van der Waals surface area (Å²) < 4.78 is 4.02. The summed E-state index contributed by atoms with van der Waals surface area (Å²) in [6, 6.07) is 0. The van der Waals surface area contributed by atoms with Crippen LogP contribution in [0.4, 0.5) is 16.6 Å². The van der Waals surface area contributed by atoms with Crippen molar-refractivity contribution in [2.24, 2.45) is 0 Å². The van der Waals surface area contributed by atoms with Gasteiger partial charge in [-0.25, -0.2) is 15.0 Å². The lowest BCUT2D eigenvalue weighted by molar-refractivity contribution is 1.14. The Labute approximate surface area is 94.7 Å². The fraction of sp³-hybridized carbons (Fsp3) is 0.143. The van der Waals surface area contributed by atoms with Crippen LogP contribution < -0.4 is 11.1 Å². The van der Waals surface area contributed by atoms with E-state index in [1.807, 2.05) is 0 Å². The Balaban J connectivity index is 2.28. The van der Waals surface area contributed by atoms with Gasteiger partial charge in [-0.1, -0.05) is 11.6 Å². The topological polar surface area (TPSA) is 89.6 Å². The molecule has 2 heterocycles. The summed E-state index contributed by atoms with van der Waals surface area (Å²) in [6.45, 7) is 1.80. The highest BCUT2D eigenvalue weighted by atomic mass is 35.5. The third-order valence-corrected chi connectivity index (χ3v) is 2.61. The predicted molar refractivity (Wildman–Crippen MR) is 59.4 cm³/mol. The van der Waals surface area contributed by atoms with Gasteiger partial charge < -0.3 is 11.1 Å². The molecule has 0 saturated heterocycles. The van der Waals surface area contributed by atoms with Gasteiger partial charge in [-0.3, -0.25) is 0 Å². The Kier molecular flexibility index (Phi) is 2.65. The average molecular weight is 243 g/mol. The van der Waals surface area contributed by atoms with Crippen molar-refractivity contribution in [3.05, 3.63) is 17.3 Å². The Bertz CT molecular complexity index is 484. The maximum Gasteiger partial charge on any atom is 0.208 e. The van der Waals surface area contributed by atoms with Gasteiger partial charge in [0.2, 0.25) is 5.13 Å². The number of rotatable bonds is 2. The average Bonchev–Trinajstić information content (AvgIpc) is 2.59. The molecule has 0 bridgehead atoms. The zero-order chi connectivity index (χ0) is 10.8. The molecule has 78 valence electrons. The van der Waals surface area contributed by atoms with Crippen molar-refractivity contribution >= 4 is 39.8 Å². The van der Waals surface area contributed by atoms with E-state index in [0.717, 1.165) is 0 Å². The molecule has 8 heteroatoms. The van der Waals surface area contributed by atoms with Crippen molar-refractivity contribution in [2.75, 3.05) is 11.1 Å². The van der Waals surface area contributed by atoms with E-state index < -0.39 is 0 Å². The van der Waals surface area contributed by atoms with Gasteiger partial charge in [-0.2, -0.15) is 4.37 Å². The molecule has 0 radical (unpaired) electrons. The van der Waals surface area contributed by atoms with Crippen LogP contribution in [0, 0.1) is 6.92 Å². The summed E-state index contributed by atoms with van der Waals surface area (Å²) in [5.74, 6) is 1.13. The summed E-state index contributed by atoms with van der Waals surface area (Å²) >= 11 is 6.96. The molecule has 3 N–H and O–H groups in total. The third kappa shape index (κ3) is 2.13. The van der Waals surface area contributed by atoms with Crippen LogP contribution in [0.3, 0.4) is 0 Å². The molecule has 0 spiro atoms. The molecule has 0 aliphatic heterocycles. The zero-order valence-corrected chi connectivity index (χ0v) is 9.30. The molecule has 15 heavy (non-hydrogen) atoms. The van der Waals surface area contributed by atoms with Gasteiger partial charge in [-0.15, -0.1) is 0 Å². The van der Waals surface area contributed by atoms with Crippen molar-refractivity contribution < 1.29 is 0 Å². The van der Waals surface area contributed by atoms with E-state index in [1.165, 1.54) is 17.9 Å². The number of aromatic nitrogens is 4. The van der Waals surface area contributed by atoms with Gasteiger partial charge in [0.15, 0.2) is 11.0 Å². The highest BCUT2D eigenvalue weighted by molar-refractivity contribution is 7.09. The minimum atomic E-state index is 0.216. The fourth-order valence-corrected chi connectivity index (χ4v) is 1.63. The van der Waals surface area contributed by atoms with E-state index in [4.69, 9.17) is 17.3 Å². The van der Waals surface area contributed by atoms with E-state index >= 15 is 0 Å². The molecule has 2 aromatic rings. The minimum absolute atomic E-state index is 0.216. The molecule has 0 unspecified atom stereocenters. The number of nitrogen functional groups attached to an aromatic ring is 1. The Hall–Kier alpha value is -1.47. The first kappa shape index (κ1) is 10.1. The standard InChI is InChI=1S/C7H7ClN6S/c1-3-12-7(15-14-3)13-6-4(9)5(8)10-2-11-6/h2H,9H2,1H3,(H,10,11,12,13,14).